The summed E-state index contributed by atoms with van der Waals surface area (Å²) in [6.07, 6.45) is 12.8. The number of hydrogen-bond acceptors (Lipinski definition) is 11. The van der Waals surface area contributed by atoms with Crippen molar-refractivity contribution in [3.63, 3.8) is 0 Å². The lowest BCUT2D eigenvalue weighted by Gasteiger charge is -2.46. The molecule has 252 valence electrons. The zero-order valence-corrected chi connectivity index (χ0v) is 27.5. The first kappa shape index (κ1) is 31.0. The molecule has 4 fully saturated rings. The molecule has 48 heavy (non-hydrogen) atoms. The number of carbonyl (C=O) groups excluding carboxylic acids is 1. The van der Waals surface area contributed by atoms with Crippen molar-refractivity contribution in [2.24, 2.45) is 13.0 Å². The molecule has 4 atom stereocenters. The number of carbonyl (C=O) groups is 1. The van der Waals surface area contributed by atoms with Gasteiger partial charge in [0.1, 0.15) is 23.4 Å². The molecule has 3 aromatic heterocycles. The number of fused-ring (bicyclic) bond motifs is 3. The summed E-state index contributed by atoms with van der Waals surface area (Å²) in [7, 11) is 1.59. The first-order valence-electron chi connectivity index (χ1n) is 17.2. The number of rotatable bonds is 7. The Morgan fingerprint density at radius 3 is 2.67 bits per heavy atom. The van der Waals surface area contributed by atoms with Crippen molar-refractivity contribution in [2.75, 3.05) is 48.0 Å². The number of hydrogen-bond donors (Lipinski definition) is 2. The SMILES string of the molecule is C[C@H]1CN(C2COC2)CCN1c1ccc(Nc2cc(-c3ccnc(N4C=CN5C(CC6CCCCC65)C4=O)c3CO)nn(C)c2=O)nc1. The van der Waals surface area contributed by atoms with E-state index in [4.69, 9.17) is 4.74 Å². The Labute approximate surface area is 279 Å². The largest absolute Gasteiger partial charge is 0.392 e. The van der Waals surface area contributed by atoms with Gasteiger partial charge in [-0.1, -0.05) is 12.8 Å². The molecule has 4 aliphatic heterocycles. The van der Waals surface area contributed by atoms with Crippen LogP contribution in [0.5, 0.6) is 0 Å². The van der Waals surface area contributed by atoms with Crippen molar-refractivity contribution in [2.45, 2.75) is 69.8 Å². The van der Waals surface area contributed by atoms with E-state index in [1.165, 1.54) is 17.5 Å². The van der Waals surface area contributed by atoms with Gasteiger partial charge in [0.2, 0.25) is 0 Å². The van der Waals surface area contributed by atoms with Crippen LogP contribution in [0.25, 0.3) is 11.3 Å². The number of aryl methyl sites for hydroxylation is 1. The van der Waals surface area contributed by atoms with Gasteiger partial charge < -0.3 is 25.0 Å². The summed E-state index contributed by atoms with van der Waals surface area (Å²) in [4.78, 5) is 45.0. The van der Waals surface area contributed by atoms with Crippen LogP contribution in [0.15, 0.2) is 53.9 Å². The summed E-state index contributed by atoms with van der Waals surface area (Å²) in [5.41, 5.74) is 2.56. The monoisotopic (exact) mass is 653 g/mol. The molecule has 1 aliphatic carbocycles. The Balaban J connectivity index is 1.03. The molecule has 0 spiro atoms. The molecule has 7 heterocycles. The predicted octanol–water partition coefficient (Wildman–Crippen LogP) is 2.83. The third-order valence-electron chi connectivity index (χ3n) is 10.9. The number of aromatic nitrogens is 4. The zero-order valence-electron chi connectivity index (χ0n) is 27.5. The smallest absolute Gasteiger partial charge is 0.290 e. The van der Waals surface area contributed by atoms with Gasteiger partial charge in [-0.25, -0.2) is 14.6 Å². The van der Waals surface area contributed by atoms with Crippen molar-refractivity contribution in [1.29, 1.82) is 0 Å². The molecule has 3 unspecified atom stereocenters. The molecule has 0 aromatic carbocycles. The number of aliphatic hydroxyl groups excluding tert-OH is 1. The molecule has 13 nitrogen and oxygen atoms in total. The first-order chi connectivity index (χ1) is 23.4. The first-order valence-corrected chi connectivity index (χ1v) is 17.2. The molecule has 0 radical (unpaired) electrons. The Morgan fingerprint density at radius 2 is 1.92 bits per heavy atom. The number of amides is 1. The second-order valence-electron chi connectivity index (χ2n) is 13.8. The van der Waals surface area contributed by atoms with Crippen molar-refractivity contribution in [1.82, 2.24) is 29.5 Å². The summed E-state index contributed by atoms with van der Waals surface area (Å²) < 4.78 is 6.65. The maximum Gasteiger partial charge on any atom is 0.290 e. The highest BCUT2D eigenvalue weighted by atomic mass is 16.5. The highest BCUT2D eigenvalue weighted by Crippen LogP contribution is 2.43. The lowest BCUT2D eigenvalue weighted by atomic mass is 9.85. The van der Waals surface area contributed by atoms with Gasteiger partial charge in [0, 0.05) is 68.5 Å². The van der Waals surface area contributed by atoms with Crippen LogP contribution in [0.3, 0.4) is 0 Å². The van der Waals surface area contributed by atoms with E-state index < -0.39 is 0 Å². The van der Waals surface area contributed by atoms with E-state index in [1.54, 1.807) is 36.5 Å². The van der Waals surface area contributed by atoms with E-state index in [-0.39, 0.29) is 24.1 Å². The quantitative estimate of drug-likeness (QED) is 0.390. The lowest BCUT2D eigenvalue weighted by molar-refractivity contribution is -0.122. The van der Waals surface area contributed by atoms with E-state index in [2.05, 4.69) is 42.0 Å². The highest BCUT2D eigenvalue weighted by Gasteiger charge is 2.47. The zero-order chi connectivity index (χ0) is 32.9. The normalized spacial score (nSPS) is 26.0. The van der Waals surface area contributed by atoms with Gasteiger partial charge in [0.05, 0.1) is 43.4 Å². The molecule has 3 aromatic rings. The standard InChI is InChI=1S/C35H43N9O4/c1-22-18-41(25-20-48-21-25)11-12-42(22)24-7-8-32(37-17-24)38-29-16-28(39-40(2)34(29)46)26-9-10-36-33(27(26)19-45)44-14-13-43-30-6-4-3-5-23(30)15-31(43)35(44)47/h7-10,13-14,16-17,22-23,25,30-31,45H,3-6,11-12,15,18-21H2,1-2H3,(H,37,38)/t22-,23?,30?,31?/m0/s1. The summed E-state index contributed by atoms with van der Waals surface area (Å²) >= 11 is 0. The van der Waals surface area contributed by atoms with Gasteiger partial charge in [-0.3, -0.25) is 19.4 Å². The number of pyridine rings is 2. The van der Waals surface area contributed by atoms with Gasteiger partial charge in [-0.05, 0) is 56.4 Å². The average molecular weight is 654 g/mol. The van der Waals surface area contributed by atoms with Gasteiger partial charge >= 0.3 is 0 Å². The number of ether oxygens (including phenoxy) is 1. The number of nitrogens with one attached hydrogen (secondary N) is 1. The summed E-state index contributed by atoms with van der Waals surface area (Å²) in [6.45, 7) is 6.42. The van der Waals surface area contributed by atoms with Crippen molar-refractivity contribution in [3.05, 3.63) is 65.0 Å². The second kappa shape index (κ2) is 12.6. The van der Waals surface area contributed by atoms with E-state index in [9.17, 15) is 14.7 Å². The van der Waals surface area contributed by atoms with Gasteiger partial charge in [-0.15, -0.1) is 0 Å². The minimum atomic E-state index is -0.354. The van der Waals surface area contributed by atoms with Gasteiger partial charge in [0.25, 0.3) is 11.5 Å². The fraction of sp³-hybridized carbons (Fsp3) is 0.514. The minimum absolute atomic E-state index is 0.0271. The van der Waals surface area contributed by atoms with Crippen LogP contribution in [-0.2, 0) is 23.2 Å². The Kier molecular flexibility index (Phi) is 8.13. The third-order valence-corrected chi connectivity index (χ3v) is 10.9. The van der Waals surface area contributed by atoms with Crippen LogP contribution in [0.1, 0.15) is 44.6 Å². The summed E-state index contributed by atoms with van der Waals surface area (Å²) in [6, 6.07) is 8.41. The van der Waals surface area contributed by atoms with Crippen LogP contribution in [0, 0.1) is 5.92 Å². The van der Waals surface area contributed by atoms with Crippen molar-refractivity contribution < 1.29 is 14.6 Å². The van der Waals surface area contributed by atoms with E-state index in [1.807, 2.05) is 24.5 Å². The summed E-state index contributed by atoms with van der Waals surface area (Å²) in [5, 5.41) is 18.3. The van der Waals surface area contributed by atoms with E-state index >= 15 is 0 Å². The van der Waals surface area contributed by atoms with Crippen LogP contribution in [0.2, 0.25) is 0 Å². The average Bonchev–Trinajstić information content (AvgIpc) is 3.46. The molecule has 2 N–H and O–H groups in total. The Bertz CT molecular complexity index is 1770. The van der Waals surface area contributed by atoms with Gasteiger partial charge in [0.15, 0.2) is 0 Å². The molecule has 1 saturated carbocycles. The predicted molar refractivity (Wildman–Crippen MR) is 182 cm³/mol. The number of anilines is 4. The second-order valence-corrected chi connectivity index (χ2v) is 13.8. The summed E-state index contributed by atoms with van der Waals surface area (Å²) in [5.74, 6) is 1.42. The maximum atomic E-state index is 13.8. The van der Waals surface area contributed by atoms with Crippen LogP contribution in [-0.4, -0.2) is 97.6 Å². The van der Waals surface area contributed by atoms with Crippen LogP contribution >= 0.6 is 0 Å². The maximum absolute atomic E-state index is 13.8. The Morgan fingerprint density at radius 1 is 1.06 bits per heavy atom. The Hall–Kier alpha value is -4.33. The van der Waals surface area contributed by atoms with E-state index in [0.29, 0.717) is 58.2 Å². The van der Waals surface area contributed by atoms with Crippen LogP contribution < -0.4 is 20.7 Å². The minimum Gasteiger partial charge on any atom is -0.392 e. The molecule has 5 aliphatic rings. The molecule has 0 bridgehead atoms. The molecular weight excluding hydrogens is 610 g/mol. The van der Waals surface area contributed by atoms with Crippen LogP contribution in [0.4, 0.5) is 23.0 Å². The van der Waals surface area contributed by atoms with Gasteiger partial charge in [-0.2, -0.15) is 5.10 Å². The molecule has 13 heteroatoms. The number of piperazine rings is 1. The fourth-order valence-corrected chi connectivity index (χ4v) is 8.31. The molecule has 1 amide bonds. The van der Waals surface area contributed by atoms with E-state index in [0.717, 1.165) is 57.8 Å². The number of nitrogens with zero attached hydrogens (tertiary/aromatic N) is 8. The topological polar surface area (TPSA) is 132 Å². The highest BCUT2D eigenvalue weighted by molar-refractivity contribution is 6.00. The molecule has 3 saturated heterocycles. The third kappa shape index (κ3) is 5.43. The number of aliphatic hydroxyl groups is 1. The van der Waals surface area contributed by atoms with Crippen molar-refractivity contribution in [3.8, 4) is 11.3 Å². The fourth-order valence-electron chi connectivity index (χ4n) is 8.31. The van der Waals surface area contributed by atoms with Crippen molar-refractivity contribution >= 4 is 28.9 Å². The molecular formula is C35H43N9O4. The molecule has 8 rings (SSSR count). The lowest BCUT2D eigenvalue weighted by Crippen LogP contribution is -2.59.